The number of nitrogens with zero attached hydrogens (tertiary/aromatic N) is 1. The van der Waals surface area contributed by atoms with E-state index in [1.165, 1.54) is 95.6 Å². The average molecular weight is 347 g/mol. The summed E-state index contributed by atoms with van der Waals surface area (Å²) in [6.45, 7) is 4.43. The first kappa shape index (κ1) is 22.0. The molecule has 0 atom stereocenters. The fourth-order valence-corrected chi connectivity index (χ4v) is 3.28. The minimum Gasteiger partial charge on any atom is -0.346 e. The first-order valence-electron chi connectivity index (χ1n) is 11.0. The smallest absolute Gasteiger partial charge is 0.105 e. The van der Waals surface area contributed by atoms with Crippen molar-refractivity contribution < 1.29 is 0 Å². The Morgan fingerprint density at radius 3 is 1.88 bits per heavy atom. The van der Waals surface area contributed by atoms with Gasteiger partial charge in [-0.2, -0.15) is 0 Å². The molecule has 1 rings (SSSR count). The highest BCUT2D eigenvalue weighted by molar-refractivity contribution is 5.01. The van der Waals surface area contributed by atoms with E-state index in [9.17, 15) is 0 Å². The summed E-state index contributed by atoms with van der Waals surface area (Å²) >= 11 is 0. The predicted molar refractivity (Wildman–Crippen MR) is 111 cm³/mol. The molecule has 0 spiro atoms. The number of hydrogen-bond donors (Lipinski definition) is 1. The molecule has 144 valence electrons. The van der Waals surface area contributed by atoms with Crippen LogP contribution >= 0.6 is 0 Å². The van der Waals surface area contributed by atoms with Crippen LogP contribution in [0.1, 0.15) is 115 Å². The zero-order valence-corrected chi connectivity index (χ0v) is 17.0. The molecule has 0 unspecified atom stereocenters. The Labute approximate surface area is 156 Å². The lowest BCUT2D eigenvalue weighted by Gasteiger charge is -2.01. The van der Waals surface area contributed by atoms with E-state index in [1.807, 2.05) is 6.20 Å². The van der Waals surface area contributed by atoms with Gasteiger partial charge in [-0.05, 0) is 38.5 Å². The number of imidazole rings is 1. The largest absolute Gasteiger partial charge is 0.346 e. The molecule has 1 aromatic rings. The molecule has 0 bridgehead atoms. The average Bonchev–Trinajstić information content (AvgIpc) is 3.09. The van der Waals surface area contributed by atoms with Gasteiger partial charge in [0.05, 0.1) is 0 Å². The maximum Gasteiger partial charge on any atom is 0.105 e. The molecule has 0 saturated carbocycles. The van der Waals surface area contributed by atoms with E-state index < -0.39 is 0 Å². The molecule has 2 nitrogen and oxygen atoms in total. The molecular weight excluding hydrogens is 304 g/mol. The van der Waals surface area contributed by atoms with Crippen molar-refractivity contribution in [1.29, 1.82) is 0 Å². The molecule has 0 fully saturated rings. The van der Waals surface area contributed by atoms with Crippen LogP contribution in [0.3, 0.4) is 0 Å². The van der Waals surface area contributed by atoms with Gasteiger partial charge in [0.25, 0.3) is 0 Å². The van der Waals surface area contributed by atoms with Crippen molar-refractivity contribution >= 4 is 0 Å². The first-order chi connectivity index (χ1) is 12.4. The number of aromatic nitrogens is 2. The van der Waals surface area contributed by atoms with Gasteiger partial charge in [-0.15, -0.1) is 0 Å². The van der Waals surface area contributed by atoms with Gasteiger partial charge in [-0.3, -0.25) is 0 Å². The Morgan fingerprint density at radius 1 is 0.760 bits per heavy atom. The second-order valence-corrected chi connectivity index (χ2v) is 7.40. The highest BCUT2D eigenvalue weighted by atomic mass is 14.9. The highest BCUT2D eigenvalue weighted by Gasteiger charge is 1.98. The van der Waals surface area contributed by atoms with E-state index in [1.54, 1.807) is 0 Å². The number of allylic oxidation sites excluding steroid dienone is 2. The van der Waals surface area contributed by atoms with Crippen molar-refractivity contribution in [3.63, 3.8) is 0 Å². The summed E-state index contributed by atoms with van der Waals surface area (Å²) in [5.74, 6) is 1.12. The molecule has 0 aliphatic rings. The summed E-state index contributed by atoms with van der Waals surface area (Å²) in [4.78, 5) is 7.76. The van der Waals surface area contributed by atoms with Crippen LogP contribution in [0.5, 0.6) is 0 Å². The topological polar surface area (TPSA) is 28.7 Å². The van der Waals surface area contributed by atoms with Crippen LogP contribution in [-0.2, 0) is 12.8 Å². The molecule has 2 heteroatoms. The lowest BCUT2D eigenvalue weighted by atomic mass is 10.1. The number of H-pyrrole nitrogens is 1. The standard InChI is InChI=1S/C23H42N2/c1-3-5-6-7-8-9-10-11-12-13-14-15-16-17-18-19-20-22-21-24-23(4-2)25-22/h11-12,21H,3-10,13-20H2,1-2H3,(H,24,25)/b12-11-. The van der Waals surface area contributed by atoms with E-state index in [2.05, 4.69) is 36.0 Å². The van der Waals surface area contributed by atoms with Crippen molar-refractivity contribution in [2.24, 2.45) is 0 Å². The molecule has 0 radical (unpaired) electrons. The van der Waals surface area contributed by atoms with Crippen molar-refractivity contribution in [2.75, 3.05) is 0 Å². The molecule has 0 saturated heterocycles. The van der Waals surface area contributed by atoms with Crippen LogP contribution < -0.4 is 0 Å². The Bertz CT molecular complexity index is 419. The van der Waals surface area contributed by atoms with Crippen LogP contribution in [0.4, 0.5) is 0 Å². The fraction of sp³-hybridized carbons (Fsp3) is 0.783. The molecule has 1 aromatic heterocycles. The molecule has 1 heterocycles. The van der Waals surface area contributed by atoms with E-state index >= 15 is 0 Å². The van der Waals surface area contributed by atoms with E-state index in [4.69, 9.17) is 0 Å². The Balaban J connectivity index is 1.79. The maximum absolute atomic E-state index is 4.36. The molecular formula is C23H42N2. The zero-order chi connectivity index (χ0) is 18.0. The van der Waals surface area contributed by atoms with Gasteiger partial charge < -0.3 is 4.98 Å². The molecule has 25 heavy (non-hydrogen) atoms. The normalized spacial score (nSPS) is 11.6. The van der Waals surface area contributed by atoms with Gasteiger partial charge in [-0.25, -0.2) is 4.98 Å². The number of rotatable bonds is 17. The SMILES string of the molecule is CCCCCCCC/C=C\CCCCCCCCc1cnc(CC)[nH]1. The number of aromatic amines is 1. The maximum atomic E-state index is 4.36. The fourth-order valence-electron chi connectivity index (χ4n) is 3.28. The number of unbranched alkanes of at least 4 members (excludes halogenated alkanes) is 12. The Morgan fingerprint density at radius 2 is 1.32 bits per heavy atom. The van der Waals surface area contributed by atoms with Gasteiger partial charge in [-0.1, -0.05) is 83.8 Å². The van der Waals surface area contributed by atoms with Crippen LogP contribution in [0.15, 0.2) is 18.3 Å². The zero-order valence-electron chi connectivity index (χ0n) is 17.0. The van der Waals surface area contributed by atoms with Gasteiger partial charge in [0.1, 0.15) is 5.82 Å². The minimum absolute atomic E-state index is 1.01. The summed E-state index contributed by atoms with van der Waals surface area (Å²) in [5.41, 5.74) is 1.31. The summed E-state index contributed by atoms with van der Waals surface area (Å²) in [5, 5.41) is 0. The third-order valence-electron chi connectivity index (χ3n) is 4.97. The molecule has 0 aromatic carbocycles. The van der Waals surface area contributed by atoms with E-state index in [0.717, 1.165) is 18.7 Å². The number of hydrogen-bond acceptors (Lipinski definition) is 1. The molecule has 0 amide bonds. The minimum atomic E-state index is 1.01. The third kappa shape index (κ3) is 12.9. The van der Waals surface area contributed by atoms with Crippen LogP contribution in [0.2, 0.25) is 0 Å². The van der Waals surface area contributed by atoms with Crippen molar-refractivity contribution in [3.8, 4) is 0 Å². The Kier molecular flexibility index (Phi) is 14.4. The van der Waals surface area contributed by atoms with Crippen LogP contribution in [0, 0.1) is 0 Å². The van der Waals surface area contributed by atoms with Gasteiger partial charge >= 0.3 is 0 Å². The summed E-state index contributed by atoms with van der Waals surface area (Å²) in [6, 6.07) is 0. The van der Waals surface area contributed by atoms with Crippen LogP contribution in [0.25, 0.3) is 0 Å². The summed E-state index contributed by atoms with van der Waals surface area (Å²) in [6.07, 6.45) is 28.2. The second-order valence-electron chi connectivity index (χ2n) is 7.40. The molecule has 1 N–H and O–H groups in total. The summed E-state index contributed by atoms with van der Waals surface area (Å²) < 4.78 is 0. The van der Waals surface area contributed by atoms with E-state index in [-0.39, 0.29) is 0 Å². The van der Waals surface area contributed by atoms with Crippen molar-refractivity contribution in [1.82, 2.24) is 9.97 Å². The highest BCUT2D eigenvalue weighted by Crippen LogP contribution is 2.11. The van der Waals surface area contributed by atoms with Crippen molar-refractivity contribution in [3.05, 3.63) is 29.9 Å². The van der Waals surface area contributed by atoms with Gasteiger partial charge in [0, 0.05) is 18.3 Å². The third-order valence-corrected chi connectivity index (χ3v) is 4.97. The predicted octanol–water partition coefficient (Wildman–Crippen LogP) is 7.55. The number of aryl methyl sites for hydroxylation is 2. The molecule has 0 aliphatic carbocycles. The number of nitrogens with one attached hydrogen (secondary N) is 1. The lowest BCUT2D eigenvalue weighted by molar-refractivity contribution is 0.593. The van der Waals surface area contributed by atoms with Gasteiger partial charge in [0.15, 0.2) is 0 Å². The second kappa shape index (κ2) is 16.4. The summed E-state index contributed by atoms with van der Waals surface area (Å²) in [7, 11) is 0. The first-order valence-corrected chi connectivity index (χ1v) is 11.0. The molecule has 0 aliphatic heterocycles. The van der Waals surface area contributed by atoms with Crippen LogP contribution in [-0.4, -0.2) is 9.97 Å². The quantitative estimate of drug-likeness (QED) is 0.229. The van der Waals surface area contributed by atoms with E-state index in [0.29, 0.717) is 0 Å². The lowest BCUT2D eigenvalue weighted by Crippen LogP contribution is -1.88. The monoisotopic (exact) mass is 346 g/mol. The van der Waals surface area contributed by atoms with Crippen molar-refractivity contribution in [2.45, 2.75) is 117 Å². The van der Waals surface area contributed by atoms with Gasteiger partial charge in [0.2, 0.25) is 0 Å². The Hall–Kier alpha value is -1.05.